The van der Waals surface area contributed by atoms with Gasteiger partial charge < -0.3 is 4.74 Å². The predicted molar refractivity (Wildman–Crippen MR) is 67.3 cm³/mol. The fourth-order valence-corrected chi connectivity index (χ4v) is 2.87. The summed E-state index contributed by atoms with van der Waals surface area (Å²) in [6.07, 6.45) is 2.77. The highest BCUT2D eigenvalue weighted by molar-refractivity contribution is 7.10. The molecule has 90 valence electrons. The Morgan fingerprint density at radius 3 is 2.81 bits per heavy atom. The molecule has 1 heterocycles. The molecule has 16 heavy (non-hydrogen) atoms. The zero-order valence-corrected chi connectivity index (χ0v) is 10.7. The summed E-state index contributed by atoms with van der Waals surface area (Å²) in [6, 6.07) is 2.33. The Bertz CT molecular complexity index is 336. The third kappa shape index (κ3) is 2.63. The van der Waals surface area contributed by atoms with Crippen LogP contribution in [0.1, 0.15) is 36.2 Å². The highest BCUT2D eigenvalue weighted by Gasteiger charge is 2.37. The maximum Gasteiger partial charge on any atom is 0.0810 e. The molecule has 0 bridgehead atoms. The molecule has 1 aliphatic rings. The summed E-state index contributed by atoms with van der Waals surface area (Å²) in [5, 5.41) is 2.17. The Kier molecular flexibility index (Phi) is 3.97. The van der Waals surface area contributed by atoms with E-state index in [4.69, 9.17) is 10.6 Å². The molecule has 0 amide bonds. The van der Waals surface area contributed by atoms with Crippen molar-refractivity contribution in [2.24, 2.45) is 11.8 Å². The molecule has 3 nitrogen and oxygen atoms in total. The van der Waals surface area contributed by atoms with Gasteiger partial charge in [-0.15, -0.1) is 11.3 Å². The van der Waals surface area contributed by atoms with Crippen LogP contribution in [0.25, 0.3) is 0 Å². The highest BCUT2D eigenvalue weighted by atomic mass is 32.1. The van der Waals surface area contributed by atoms with Gasteiger partial charge in [0.05, 0.1) is 12.1 Å². The van der Waals surface area contributed by atoms with Gasteiger partial charge in [0.2, 0.25) is 0 Å². The van der Waals surface area contributed by atoms with E-state index in [0.717, 1.165) is 6.61 Å². The SMILES string of the molecule is CCOC(C1CC1)C(NN)c1csc(C)c1. The van der Waals surface area contributed by atoms with Crippen molar-refractivity contribution in [2.45, 2.75) is 38.8 Å². The van der Waals surface area contributed by atoms with E-state index >= 15 is 0 Å². The zero-order chi connectivity index (χ0) is 11.5. The molecule has 1 aliphatic carbocycles. The average molecular weight is 240 g/mol. The van der Waals surface area contributed by atoms with Gasteiger partial charge in [-0.2, -0.15) is 0 Å². The largest absolute Gasteiger partial charge is 0.376 e. The van der Waals surface area contributed by atoms with Crippen LogP contribution in [-0.2, 0) is 4.74 Å². The molecular weight excluding hydrogens is 220 g/mol. The molecule has 1 fully saturated rings. The van der Waals surface area contributed by atoms with E-state index < -0.39 is 0 Å². The number of rotatable bonds is 6. The fraction of sp³-hybridized carbons (Fsp3) is 0.667. The number of ether oxygens (including phenoxy) is 1. The Balaban J connectivity index is 2.12. The second-order valence-corrected chi connectivity index (χ2v) is 5.51. The number of thiophene rings is 1. The maximum atomic E-state index is 5.84. The van der Waals surface area contributed by atoms with Crippen molar-refractivity contribution in [3.8, 4) is 0 Å². The van der Waals surface area contributed by atoms with Crippen LogP contribution in [-0.4, -0.2) is 12.7 Å². The summed E-state index contributed by atoms with van der Waals surface area (Å²) in [6.45, 7) is 4.92. The van der Waals surface area contributed by atoms with E-state index in [1.807, 2.05) is 6.92 Å². The van der Waals surface area contributed by atoms with Crippen molar-refractivity contribution in [3.05, 3.63) is 21.9 Å². The minimum Gasteiger partial charge on any atom is -0.376 e. The van der Waals surface area contributed by atoms with Crippen molar-refractivity contribution in [3.63, 3.8) is 0 Å². The molecule has 1 aromatic rings. The fourth-order valence-electron chi connectivity index (χ4n) is 2.13. The molecule has 0 spiro atoms. The number of hydrazine groups is 1. The Labute approximate surface area is 101 Å². The van der Waals surface area contributed by atoms with Crippen molar-refractivity contribution in [2.75, 3.05) is 6.61 Å². The van der Waals surface area contributed by atoms with E-state index in [1.165, 1.54) is 23.3 Å². The Morgan fingerprint density at radius 1 is 1.62 bits per heavy atom. The molecular formula is C12H20N2OS. The van der Waals surface area contributed by atoms with E-state index in [9.17, 15) is 0 Å². The summed E-state index contributed by atoms with van der Waals surface area (Å²) in [5.74, 6) is 6.37. The number of nitrogens with two attached hydrogens (primary N) is 1. The lowest BCUT2D eigenvalue weighted by Crippen LogP contribution is -2.39. The molecule has 2 unspecified atom stereocenters. The van der Waals surface area contributed by atoms with E-state index in [-0.39, 0.29) is 12.1 Å². The zero-order valence-electron chi connectivity index (χ0n) is 9.90. The van der Waals surface area contributed by atoms with Crippen LogP contribution in [0, 0.1) is 12.8 Å². The van der Waals surface area contributed by atoms with Crippen LogP contribution < -0.4 is 11.3 Å². The van der Waals surface area contributed by atoms with Crippen molar-refractivity contribution < 1.29 is 4.74 Å². The van der Waals surface area contributed by atoms with E-state index in [1.54, 1.807) is 11.3 Å². The normalized spacial score (nSPS) is 19.7. The van der Waals surface area contributed by atoms with Crippen LogP contribution in [0.15, 0.2) is 11.4 Å². The first-order chi connectivity index (χ1) is 7.76. The smallest absolute Gasteiger partial charge is 0.0810 e. The van der Waals surface area contributed by atoms with E-state index in [0.29, 0.717) is 5.92 Å². The first kappa shape index (κ1) is 12.0. The van der Waals surface area contributed by atoms with Crippen molar-refractivity contribution in [1.29, 1.82) is 0 Å². The van der Waals surface area contributed by atoms with Gasteiger partial charge >= 0.3 is 0 Å². The van der Waals surface area contributed by atoms with Gasteiger partial charge in [-0.25, -0.2) is 0 Å². The van der Waals surface area contributed by atoms with E-state index in [2.05, 4.69) is 23.8 Å². The van der Waals surface area contributed by atoms with Crippen molar-refractivity contribution >= 4 is 11.3 Å². The molecule has 0 saturated heterocycles. The van der Waals surface area contributed by atoms with Crippen LogP contribution >= 0.6 is 11.3 Å². The van der Waals surface area contributed by atoms with Gasteiger partial charge in [0.1, 0.15) is 0 Å². The van der Waals surface area contributed by atoms with Gasteiger partial charge in [0.15, 0.2) is 0 Å². The first-order valence-electron chi connectivity index (χ1n) is 5.89. The summed E-state index contributed by atoms with van der Waals surface area (Å²) >= 11 is 1.76. The molecule has 3 N–H and O–H groups in total. The maximum absolute atomic E-state index is 5.84. The second kappa shape index (κ2) is 5.27. The Hall–Kier alpha value is -0.420. The lowest BCUT2D eigenvalue weighted by Gasteiger charge is -2.26. The van der Waals surface area contributed by atoms with Crippen LogP contribution in [0.4, 0.5) is 0 Å². The van der Waals surface area contributed by atoms with Crippen molar-refractivity contribution in [1.82, 2.24) is 5.43 Å². The van der Waals surface area contributed by atoms with Gasteiger partial charge in [-0.3, -0.25) is 11.3 Å². The Morgan fingerprint density at radius 2 is 2.38 bits per heavy atom. The monoisotopic (exact) mass is 240 g/mol. The summed E-state index contributed by atoms with van der Waals surface area (Å²) in [4.78, 5) is 1.32. The lowest BCUT2D eigenvalue weighted by molar-refractivity contribution is 0.0186. The molecule has 4 heteroatoms. The van der Waals surface area contributed by atoms with Gasteiger partial charge in [0.25, 0.3) is 0 Å². The molecule has 0 aliphatic heterocycles. The third-order valence-corrected chi connectivity index (χ3v) is 3.94. The molecule has 0 radical (unpaired) electrons. The summed E-state index contributed by atoms with van der Waals surface area (Å²) in [7, 11) is 0. The summed E-state index contributed by atoms with van der Waals surface area (Å²) in [5.41, 5.74) is 4.18. The standard InChI is InChI=1S/C12H20N2OS/c1-3-15-12(9-4-5-9)11(14-13)10-6-8(2)16-7-10/h6-7,9,11-12,14H,3-5,13H2,1-2H3. The van der Waals surface area contributed by atoms with Crippen LogP contribution in [0.3, 0.4) is 0 Å². The topological polar surface area (TPSA) is 47.3 Å². The number of hydrogen-bond donors (Lipinski definition) is 2. The molecule has 1 saturated carbocycles. The molecule has 2 rings (SSSR count). The lowest BCUT2D eigenvalue weighted by atomic mass is 10.0. The van der Waals surface area contributed by atoms with Gasteiger partial charge in [-0.05, 0) is 49.6 Å². The second-order valence-electron chi connectivity index (χ2n) is 4.39. The number of hydrogen-bond acceptors (Lipinski definition) is 4. The minimum atomic E-state index is 0.136. The predicted octanol–water partition coefficient (Wildman–Crippen LogP) is 2.38. The minimum absolute atomic E-state index is 0.136. The summed E-state index contributed by atoms with van der Waals surface area (Å²) < 4.78 is 5.84. The van der Waals surface area contributed by atoms with Gasteiger partial charge in [-0.1, -0.05) is 0 Å². The average Bonchev–Trinajstić information content (AvgIpc) is 3.02. The highest BCUT2D eigenvalue weighted by Crippen LogP contribution is 2.40. The molecule has 2 atom stereocenters. The van der Waals surface area contributed by atoms with Crippen LogP contribution in [0.5, 0.6) is 0 Å². The first-order valence-corrected chi connectivity index (χ1v) is 6.77. The third-order valence-electron chi connectivity index (χ3n) is 3.06. The number of aryl methyl sites for hydroxylation is 1. The quantitative estimate of drug-likeness (QED) is 0.593. The number of nitrogens with one attached hydrogen (secondary N) is 1. The van der Waals surface area contributed by atoms with Gasteiger partial charge in [0, 0.05) is 11.5 Å². The molecule has 0 aromatic carbocycles. The van der Waals surface area contributed by atoms with Crippen LogP contribution in [0.2, 0.25) is 0 Å². The molecule has 1 aromatic heterocycles.